The highest BCUT2D eigenvalue weighted by Gasteiger charge is 1.94. The van der Waals surface area contributed by atoms with Crippen LogP contribution in [0.2, 0.25) is 0 Å². The van der Waals surface area contributed by atoms with E-state index in [0.29, 0.717) is 6.54 Å². The fourth-order valence-corrected chi connectivity index (χ4v) is 1.09. The molecule has 13 heavy (non-hydrogen) atoms. The summed E-state index contributed by atoms with van der Waals surface area (Å²) in [6.07, 6.45) is 3.35. The Morgan fingerprint density at radius 2 is 2.15 bits per heavy atom. The molecule has 0 heterocycles. The van der Waals surface area contributed by atoms with Gasteiger partial charge in [-0.05, 0) is 24.1 Å². The fourth-order valence-electron chi connectivity index (χ4n) is 1.09. The highest BCUT2D eigenvalue weighted by Crippen LogP contribution is 2.09. The van der Waals surface area contributed by atoms with E-state index in [1.807, 2.05) is 24.3 Å². The van der Waals surface area contributed by atoms with E-state index in [1.54, 1.807) is 12.2 Å². The van der Waals surface area contributed by atoms with Gasteiger partial charge in [0.1, 0.15) is 0 Å². The summed E-state index contributed by atoms with van der Waals surface area (Å²) in [4.78, 5) is 10.7. The summed E-state index contributed by atoms with van der Waals surface area (Å²) < 4.78 is 0. The number of hydrogen-bond acceptors (Lipinski definition) is 2. The molecule has 0 amide bonds. The summed E-state index contributed by atoms with van der Waals surface area (Å²) in [5.74, 6) is 0.0480. The van der Waals surface area contributed by atoms with Crippen LogP contribution in [0.15, 0.2) is 30.3 Å². The molecule has 0 aliphatic heterocycles. The largest absolute Gasteiger partial charge is 0.326 e. The van der Waals surface area contributed by atoms with Crippen LogP contribution >= 0.6 is 0 Å². The van der Waals surface area contributed by atoms with Crippen molar-refractivity contribution in [3.8, 4) is 0 Å². The lowest BCUT2D eigenvalue weighted by atomic mass is 10.1. The number of ketones is 1. The average molecular weight is 175 g/mol. The molecule has 0 unspecified atom stereocenters. The molecule has 0 atom stereocenters. The van der Waals surface area contributed by atoms with Crippen LogP contribution in [0, 0.1) is 0 Å². The molecule has 0 bridgehead atoms. The van der Waals surface area contributed by atoms with Gasteiger partial charge in [0.15, 0.2) is 5.78 Å². The monoisotopic (exact) mass is 175 g/mol. The van der Waals surface area contributed by atoms with Gasteiger partial charge in [-0.3, -0.25) is 4.79 Å². The predicted molar refractivity (Wildman–Crippen MR) is 54.0 cm³/mol. The van der Waals surface area contributed by atoms with Crippen LogP contribution in [0.1, 0.15) is 18.1 Å². The second-order valence-electron chi connectivity index (χ2n) is 2.85. The van der Waals surface area contributed by atoms with Gasteiger partial charge in [0.25, 0.3) is 0 Å². The first kappa shape index (κ1) is 9.68. The molecule has 2 N–H and O–H groups in total. The number of carbonyl (C=O) groups is 1. The molecule has 1 aromatic rings. The molecule has 0 fully saturated rings. The molecule has 1 aromatic carbocycles. The number of rotatable bonds is 3. The SMILES string of the molecule is CC(=O)/C=C/c1ccccc1CN. The van der Waals surface area contributed by atoms with Gasteiger partial charge in [-0.15, -0.1) is 0 Å². The van der Waals surface area contributed by atoms with E-state index in [0.717, 1.165) is 11.1 Å². The molecule has 1 rings (SSSR count). The molecule has 0 aromatic heterocycles. The quantitative estimate of drug-likeness (QED) is 0.711. The Morgan fingerprint density at radius 1 is 1.46 bits per heavy atom. The third-order valence-electron chi connectivity index (χ3n) is 1.77. The fraction of sp³-hybridized carbons (Fsp3) is 0.182. The number of benzene rings is 1. The van der Waals surface area contributed by atoms with Crippen LogP contribution in [0.4, 0.5) is 0 Å². The minimum atomic E-state index is 0.0480. The lowest BCUT2D eigenvalue weighted by Crippen LogP contribution is -1.98. The zero-order valence-corrected chi connectivity index (χ0v) is 7.66. The van der Waals surface area contributed by atoms with Crippen LogP contribution in [-0.4, -0.2) is 5.78 Å². The minimum absolute atomic E-state index is 0.0480. The van der Waals surface area contributed by atoms with Crippen molar-refractivity contribution in [3.05, 3.63) is 41.5 Å². The van der Waals surface area contributed by atoms with Crippen molar-refractivity contribution in [3.63, 3.8) is 0 Å². The van der Waals surface area contributed by atoms with E-state index >= 15 is 0 Å². The van der Waals surface area contributed by atoms with Crippen LogP contribution in [-0.2, 0) is 11.3 Å². The molecule has 0 saturated carbocycles. The summed E-state index contributed by atoms with van der Waals surface area (Å²) in [7, 11) is 0. The normalized spacial score (nSPS) is 10.6. The third-order valence-corrected chi connectivity index (χ3v) is 1.77. The van der Waals surface area contributed by atoms with Gasteiger partial charge in [-0.1, -0.05) is 30.3 Å². The van der Waals surface area contributed by atoms with Crippen molar-refractivity contribution in [1.82, 2.24) is 0 Å². The Hall–Kier alpha value is -1.41. The van der Waals surface area contributed by atoms with Crippen molar-refractivity contribution < 1.29 is 4.79 Å². The van der Waals surface area contributed by atoms with Gasteiger partial charge in [0.2, 0.25) is 0 Å². The van der Waals surface area contributed by atoms with E-state index in [1.165, 1.54) is 6.92 Å². The van der Waals surface area contributed by atoms with E-state index in [9.17, 15) is 4.79 Å². The molecular weight excluding hydrogens is 162 g/mol. The Bertz CT molecular complexity index is 329. The first-order valence-electron chi connectivity index (χ1n) is 4.20. The summed E-state index contributed by atoms with van der Waals surface area (Å²) >= 11 is 0. The first-order valence-corrected chi connectivity index (χ1v) is 4.20. The molecule has 68 valence electrons. The second-order valence-corrected chi connectivity index (χ2v) is 2.85. The molecule has 2 nitrogen and oxygen atoms in total. The van der Waals surface area contributed by atoms with E-state index in [4.69, 9.17) is 5.73 Å². The van der Waals surface area contributed by atoms with Crippen LogP contribution < -0.4 is 5.73 Å². The van der Waals surface area contributed by atoms with Crippen molar-refractivity contribution in [2.45, 2.75) is 13.5 Å². The first-order chi connectivity index (χ1) is 6.24. The molecule has 0 aliphatic carbocycles. The molecule has 0 radical (unpaired) electrons. The molecule has 0 spiro atoms. The zero-order valence-electron chi connectivity index (χ0n) is 7.66. The van der Waals surface area contributed by atoms with Crippen molar-refractivity contribution in [2.75, 3.05) is 0 Å². The molecule has 0 aliphatic rings. The number of nitrogens with two attached hydrogens (primary N) is 1. The van der Waals surface area contributed by atoms with Crippen LogP contribution in [0.25, 0.3) is 6.08 Å². The van der Waals surface area contributed by atoms with Gasteiger partial charge in [0, 0.05) is 6.54 Å². The summed E-state index contributed by atoms with van der Waals surface area (Å²) in [5, 5.41) is 0. The Morgan fingerprint density at radius 3 is 2.77 bits per heavy atom. The molecule has 2 heteroatoms. The maximum Gasteiger partial charge on any atom is 0.152 e. The van der Waals surface area contributed by atoms with Crippen molar-refractivity contribution >= 4 is 11.9 Å². The van der Waals surface area contributed by atoms with Gasteiger partial charge < -0.3 is 5.73 Å². The van der Waals surface area contributed by atoms with Gasteiger partial charge in [-0.25, -0.2) is 0 Å². The topological polar surface area (TPSA) is 43.1 Å². The van der Waals surface area contributed by atoms with Crippen molar-refractivity contribution in [1.29, 1.82) is 0 Å². The van der Waals surface area contributed by atoms with Gasteiger partial charge in [-0.2, -0.15) is 0 Å². The maximum absolute atomic E-state index is 10.7. The number of allylic oxidation sites excluding steroid dienone is 1. The maximum atomic E-state index is 10.7. The average Bonchev–Trinajstić information content (AvgIpc) is 2.15. The number of hydrogen-bond donors (Lipinski definition) is 1. The predicted octanol–water partition coefficient (Wildman–Crippen LogP) is 1.75. The van der Waals surface area contributed by atoms with Crippen LogP contribution in [0.5, 0.6) is 0 Å². The van der Waals surface area contributed by atoms with E-state index < -0.39 is 0 Å². The van der Waals surface area contributed by atoms with Crippen molar-refractivity contribution in [2.24, 2.45) is 5.73 Å². The summed E-state index contributed by atoms with van der Waals surface area (Å²) in [6, 6.07) is 7.77. The highest BCUT2D eigenvalue weighted by molar-refractivity contribution is 5.91. The Labute approximate surface area is 78.1 Å². The van der Waals surface area contributed by atoms with Crippen LogP contribution in [0.3, 0.4) is 0 Å². The summed E-state index contributed by atoms with van der Waals surface area (Å²) in [6.45, 7) is 2.03. The Balaban J connectivity index is 2.93. The molecular formula is C11H13NO. The standard InChI is InChI=1S/C11H13NO/c1-9(13)6-7-10-4-2-3-5-11(10)8-12/h2-7H,8,12H2,1H3/b7-6+. The third kappa shape index (κ3) is 2.84. The highest BCUT2D eigenvalue weighted by atomic mass is 16.1. The lowest BCUT2D eigenvalue weighted by Gasteiger charge is -2.00. The van der Waals surface area contributed by atoms with Gasteiger partial charge in [0.05, 0.1) is 0 Å². The number of carbonyl (C=O) groups excluding carboxylic acids is 1. The second kappa shape index (κ2) is 4.58. The van der Waals surface area contributed by atoms with E-state index in [2.05, 4.69) is 0 Å². The molecule has 0 saturated heterocycles. The van der Waals surface area contributed by atoms with E-state index in [-0.39, 0.29) is 5.78 Å². The Kier molecular flexibility index (Phi) is 3.41. The minimum Gasteiger partial charge on any atom is -0.326 e. The summed E-state index contributed by atoms with van der Waals surface area (Å²) in [5.41, 5.74) is 7.61. The zero-order chi connectivity index (χ0) is 9.68. The van der Waals surface area contributed by atoms with Gasteiger partial charge >= 0.3 is 0 Å². The lowest BCUT2D eigenvalue weighted by molar-refractivity contribution is -0.112. The smallest absolute Gasteiger partial charge is 0.152 e.